The van der Waals surface area contributed by atoms with Crippen LogP contribution in [0.4, 0.5) is 0 Å². The van der Waals surface area contributed by atoms with Gasteiger partial charge in [0.05, 0.1) is 10.6 Å². The first-order chi connectivity index (χ1) is 9.80. The van der Waals surface area contributed by atoms with Crippen molar-refractivity contribution in [2.24, 2.45) is 11.3 Å². The van der Waals surface area contributed by atoms with Crippen LogP contribution in [0.25, 0.3) is 0 Å². The zero-order valence-corrected chi connectivity index (χ0v) is 14.8. The molecule has 0 spiro atoms. The number of thioether (sulfide) groups is 1. The van der Waals surface area contributed by atoms with Crippen molar-refractivity contribution in [3.8, 4) is 0 Å². The lowest BCUT2D eigenvalue weighted by Crippen LogP contribution is -2.43. The first-order valence-corrected chi connectivity index (χ1v) is 9.05. The fourth-order valence-corrected chi connectivity index (χ4v) is 4.17. The van der Waals surface area contributed by atoms with Gasteiger partial charge in [-0.3, -0.25) is 4.79 Å². The zero-order chi connectivity index (χ0) is 15.6. The van der Waals surface area contributed by atoms with Crippen molar-refractivity contribution in [3.63, 3.8) is 0 Å². The topological polar surface area (TPSA) is 29.1 Å². The molecule has 0 heterocycles. The van der Waals surface area contributed by atoms with Gasteiger partial charge in [-0.25, -0.2) is 0 Å². The Labute approximate surface area is 137 Å². The Balaban J connectivity index is 2.11. The summed E-state index contributed by atoms with van der Waals surface area (Å²) in [6.45, 7) is 6.83. The molecule has 2 atom stereocenters. The number of carbonyl (C=O) groups is 1. The van der Waals surface area contributed by atoms with E-state index in [9.17, 15) is 4.79 Å². The predicted molar refractivity (Wildman–Crippen MR) is 91.3 cm³/mol. The molecule has 0 radical (unpaired) electrons. The fraction of sp³-hybridized carbons (Fsp3) is 0.588. The number of carbonyl (C=O) groups excluding carboxylic acids is 1. The molecule has 116 valence electrons. The minimum Gasteiger partial charge on any atom is -0.349 e. The third-order valence-corrected chi connectivity index (χ3v) is 5.20. The molecule has 0 unspecified atom stereocenters. The fourth-order valence-electron chi connectivity index (χ4n) is 3.52. The Hall–Kier alpha value is -0.670. The van der Waals surface area contributed by atoms with Crippen LogP contribution in [0.2, 0.25) is 5.02 Å². The van der Waals surface area contributed by atoms with Crippen LogP contribution < -0.4 is 5.32 Å². The SMILES string of the molecule is CSc1ccc(Cl)c(C(=O)N[C@H]2C[C@@H](C)CC(C)(C)C2)c1. The van der Waals surface area contributed by atoms with Crippen LogP contribution in [-0.4, -0.2) is 18.2 Å². The molecule has 2 rings (SSSR count). The van der Waals surface area contributed by atoms with Gasteiger partial charge in [-0.15, -0.1) is 11.8 Å². The lowest BCUT2D eigenvalue weighted by atomic mass is 9.70. The van der Waals surface area contributed by atoms with E-state index in [0.29, 0.717) is 21.9 Å². The molecular formula is C17H24ClNOS. The minimum atomic E-state index is -0.0502. The lowest BCUT2D eigenvalue weighted by Gasteiger charge is -2.39. The second-order valence-electron chi connectivity index (χ2n) is 6.93. The van der Waals surface area contributed by atoms with Crippen molar-refractivity contribution in [3.05, 3.63) is 28.8 Å². The van der Waals surface area contributed by atoms with E-state index in [4.69, 9.17) is 11.6 Å². The number of hydrogen-bond donors (Lipinski definition) is 1. The molecule has 1 aromatic rings. The highest BCUT2D eigenvalue weighted by Crippen LogP contribution is 2.38. The molecule has 1 fully saturated rings. The molecule has 1 aliphatic rings. The van der Waals surface area contributed by atoms with E-state index in [1.807, 2.05) is 18.4 Å². The highest BCUT2D eigenvalue weighted by molar-refractivity contribution is 7.98. The predicted octanol–water partition coefficient (Wildman–Crippen LogP) is 5.01. The summed E-state index contributed by atoms with van der Waals surface area (Å²) in [7, 11) is 0. The van der Waals surface area contributed by atoms with E-state index >= 15 is 0 Å². The quantitative estimate of drug-likeness (QED) is 0.792. The summed E-state index contributed by atoms with van der Waals surface area (Å²) in [5, 5.41) is 3.70. The minimum absolute atomic E-state index is 0.0502. The molecule has 21 heavy (non-hydrogen) atoms. The van der Waals surface area contributed by atoms with Gasteiger partial charge < -0.3 is 5.32 Å². The highest BCUT2D eigenvalue weighted by atomic mass is 35.5. The molecule has 0 aromatic heterocycles. The number of nitrogens with one attached hydrogen (secondary N) is 1. The lowest BCUT2D eigenvalue weighted by molar-refractivity contribution is 0.0874. The second-order valence-corrected chi connectivity index (χ2v) is 8.22. The third-order valence-electron chi connectivity index (χ3n) is 4.14. The average molecular weight is 326 g/mol. The van der Waals surface area contributed by atoms with Crippen LogP contribution in [0.5, 0.6) is 0 Å². The van der Waals surface area contributed by atoms with Gasteiger partial charge in [0, 0.05) is 10.9 Å². The van der Waals surface area contributed by atoms with Gasteiger partial charge in [-0.2, -0.15) is 0 Å². The summed E-state index contributed by atoms with van der Waals surface area (Å²) in [5.74, 6) is 0.595. The molecule has 1 aromatic carbocycles. The van der Waals surface area contributed by atoms with E-state index in [2.05, 4.69) is 26.1 Å². The van der Waals surface area contributed by atoms with Crippen LogP contribution in [0.1, 0.15) is 50.4 Å². The maximum absolute atomic E-state index is 12.5. The third kappa shape index (κ3) is 4.40. The summed E-state index contributed by atoms with van der Waals surface area (Å²) in [4.78, 5) is 13.6. The standard InChI is InChI=1S/C17H24ClNOS/c1-11-7-12(10-17(2,3)9-11)19-16(20)14-8-13(21-4)5-6-15(14)18/h5-6,8,11-12H,7,9-10H2,1-4H3,(H,19,20)/t11-,12+/m1/s1. The Morgan fingerprint density at radius 2 is 2.10 bits per heavy atom. The van der Waals surface area contributed by atoms with Crippen molar-refractivity contribution < 1.29 is 4.79 Å². The van der Waals surface area contributed by atoms with Crippen LogP contribution >= 0.6 is 23.4 Å². The van der Waals surface area contributed by atoms with Crippen molar-refractivity contribution in [1.82, 2.24) is 5.32 Å². The van der Waals surface area contributed by atoms with Crippen molar-refractivity contribution in [1.29, 1.82) is 0 Å². The largest absolute Gasteiger partial charge is 0.349 e. The Kier molecular flexibility index (Phi) is 5.26. The summed E-state index contributed by atoms with van der Waals surface area (Å²) in [6.07, 6.45) is 5.30. The summed E-state index contributed by atoms with van der Waals surface area (Å²) in [5.41, 5.74) is 0.875. The normalized spacial score (nSPS) is 24.6. The molecule has 1 saturated carbocycles. The molecule has 1 aliphatic carbocycles. The number of rotatable bonds is 3. The van der Waals surface area contributed by atoms with Crippen LogP contribution in [0.3, 0.4) is 0 Å². The van der Waals surface area contributed by atoms with Crippen LogP contribution in [-0.2, 0) is 0 Å². The summed E-state index contributed by atoms with van der Waals surface area (Å²) < 4.78 is 0. The monoisotopic (exact) mass is 325 g/mol. The van der Waals surface area contributed by atoms with E-state index < -0.39 is 0 Å². The van der Waals surface area contributed by atoms with Crippen molar-refractivity contribution >= 4 is 29.3 Å². The Morgan fingerprint density at radius 3 is 2.71 bits per heavy atom. The molecule has 1 amide bonds. The smallest absolute Gasteiger partial charge is 0.253 e. The number of halogens is 1. The Bertz CT molecular complexity index is 530. The van der Waals surface area contributed by atoms with E-state index in [1.54, 1.807) is 17.8 Å². The van der Waals surface area contributed by atoms with Crippen LogP contribution in [0.15, 0.2) is 23.1 Å². The highest BCUT2D eigenvalue weighted by Gasteiger charge is 2.33. The molecule has 0 aliphatic heterocycles. The van der Waals surface area contributed by atoms with Gasteiger partial charge in [0.1, 0.15) is 0 Å². The molecule has 0 bridgehead atoms. The summed E-state index contributed by atoms with van der Waals surface area (Å²) in [6, 6.07) is 5.86. The molecule has 2 nitrogen and oxygen atoms in total. The summed E-state index contributed by atoms with van der Waals surface area (Å²) >= 11 is 7.80. The second kappa shape index (κ2) is 6.62. The van der Waals surface area contributed by atoms with E-state index in [0.717, 1.165) is 17.7 Å². The van der Waals surface area contributed by atoms with Crippen molar-refractivity contribution in [2.75, 3.05) is 6.26 Å². The van der Waals surface area contributed by atoms with Gasteiger partial charge in [-0.05, 0) is 55.1 Å². The van der Waals surface area contributed by atoms with Gasteiger partial charge in [-0.1, -0.05) is 32.4 Å². The molecule has 0 saturated heterocycles. The van der Waals surface area contributed by atoms with Gasteiger partial charge in [0.15, 0.2) is 0 Å². The van der Waals surface area contributed by atoms with E-state index in [1.165, 1.54) is 6.42 Å². The Morgan fingerprint density at radius 1 is 1.38 bits per heavy atom. The number of hydrogen-bond acceptors (Lipinski definition) is 2. The maximum atomic E-state index is 12.5. The molecule has 1 N–H and O–H groups in total. The van der Waals surface area contributed by atoms with Crippen molar-refractivity contribution in [2.45, 2.75) is 51.0 Å². The van der Waals surface area contributed by atoms with Gasteiger partial charge in [0.2, 0.25) is 0 Å². The van der Waals surface area contributed by atoms with E-state index in [-0.39, 0.29) is 11.9 Å². The maximum Gasteiger partial charge on any atom is 0.253 e. The molecular weight excluding hydrogens is 302 g/mol. The van der Waals surface area contributed by atoms with Gasteiger partial charge in [0.25, 0.3) is 5.91 Å². The zero-order valence-electron chi connectivity index (χ0n) is 13.2. The first-order valence-electron chi connectivity index (χ1n) is 7.45. The van der Waals surface area contributed by atoms with Gasteiger partial charge >= 0.3 is 0 Å². The first kappa shape index (κ1) is 16.7. The molecule has 4 heteroatoms. The average Bonchev–Trinajstić information content (AvgIpc) is 2.36. The number of amides is 1. The van der Waals surface area contributed by atoms with Crippen LogP contribution in [0, 0.1) is 11.3 Å². The number of benzene rings is 1.